The summed E-state index contributed by atoms with van der Waals surface area (Å²) in [4.78, 5) is 11.7. The summed E-state index contributed by atoms with van der Waals surface area (Å²) in [6.45, 7) is 4.24. The van der Waals surface area contributed by atoms with Crippen LogP contribution < -0.4 is 5.32 Å². The molecule has 0 aliphatic carbocycles. The van der Waals surface area contributed by atoms with Crippen LogP contribution in [0.25, 0.3) is 0 Å². The van der Waals surface area contributed by atoms with Gasteiger partial charge < -0.3 is 5.32 Å². The normalized spacial score (nSPS) is 9.19. The summed E-state index contributed by atoms with van der Waals surface area (Å²) in [5.74, 6) is 5.55. The first kappa shape index (κ1) is 12.6. The second-order valence-electron chi connectivity index (χ2n) is 3.40. The third-order valence-electron chi connectivity index (χ3n) is 2.15. The molecular formula is C13H14ClNO. The summed E-state index contributed by atoms with van der Waals surface area (Å²) in [7, 11) is 0. The van der Waals surface area contributed by atoms with Gasteiger partial charge in [-0.25, -0.2) is 0 Å². The molecule has 16 heavy (non-hydrogen) atoms. The zero-order chi connectivity index (χ0) is 12.0. The highest BCUT2D eigenvalue weighted by Crippen LogP contribution is 2.16. The van der Waals surface area contributed by atoms with Crippen LogP contribution in [0.5, 0.6) is 0 Å². The Hall–Kier alpha value is -1.46. The maximum Gasteiger partial charge on any atom is 0.251 e. The van der Waals surface area contributed by atoms with Crippen LogP contribution in [0.1, 0.15) is 29.3 Å². The van der Waals surface area contributed by atoms with Crippen molar-refractivity contribution in [1.82, 2.24) is 5.32 Å². The lowest BCUT2D eigenvalue weighted by Gasteiger charge is -2.04. The highest BCUT2D eigenvalue weighted by Gasteiger charge is 2.05. The fourth-order valence-corrected chi connectivity index (χ4v) is 1.38. The lowest BCUT2D eigenvalue weighted by molar-refractivity contribution is 0.0954. The van der Waals surface area contributed by atoms with E-state index in [0.29, 0.717) is 23.6 Å². The Labute approximate surface area is 101 Å². The molecule has 0 bridgehead atoms. The van der Waals surface area contributed by atoms with Gasteiger partial charge in [0, 0.05) is 23.6 Å². The molecule has 84 valence electrons. The fourth-order valence-electron chi connectivity index (χ4n) is 1.20. The van der Waals surface area contributed by atoms with Crippen molar-refractivity contribution in [1.29, 1.82) is 0 Å². The third-order valence-corrected chi connectivity index (χ3v) is 2.55. The van der Waals surface area contributed by atoms with E-state index in [9.17, 15) is 4.79 Å². The minimum absolute atomic E-state index is 0.111. The molecule has 0 radical (unpaired) electrons. The van der Waals surface area contributed by atoms with Gasteiger partial charge in [0.05, 0.1) is 0 Å². The number of nitrogens with one attached hydrogen (secondary N) is 1. The maximum atomic E-state index is 11.7. The van der Waals surface area contributed by atoms with Crippen molar-refractivity contribution in [2.24, 2.45) is 0 Å². The number of amides is 1. The van der Waals surface area contributed by atoms with Gasteiger partial charge in [0.15, 0.2) is 0 Å². The smallest absolute Gasteiger partial charge is 0.251 e. The average Bonchev–Trinajstić information content (AvgIpc) is 2.28. The summed E-state index contributed by atoms with van der Waals surface area (Å²) in [5, 5.41) is 3.39. The van der Waals surface area contributed by atoms with Crippen molar-refractivity contribution in [2.45, 2.75) is 20.3 Å². The molecule has 1 aromatic carbocycles. The lowest BCUT2D eigenvalue weighted by Crippen LogP contribution is -2.24. The Morgan fingerprint density at radius 2 is 2.25 bits per heavy atom. The van der Waals surface area contributed by atoms with Crippen LogP contribution in [0.2, 0.25) is 5.02 Å². The van der Waals surface area contributed by atoms with Gasteiger partial charge in [-0.2, -0.15) is 0 Å². The first-order valence-corrected chi connectivity index (χ1v) is 5.47. The molecule has 3 heteroatoms. The molecule has 0 aromatic heterocycles. The van der Waals surface area contributed by atoms with Crippen LogP contribution in [0.4, 0.5) is 0 Å². The Morgan fingerprint density at radius 1 is 1.50 bits per heavy atom. The van der Waals surface area contributed by atoms with Crippen LogP contribution in [-0.2, 0) is 0 Å². The molecule has 0 saturated heterocycles. The quantitative estimate of drug-likeness (QED) is 0.634. The van der Waals surface area contributed by atoms with Gasteiger partial charge in [0.1, 0.15) is 0 Å². The Bertz CT molecular complexity index is 443. The van der Waals surface area contributed by atoms with Crippen molar-refractivity contribution in [3.63, 3.8) is 0 Å². The first-order valence-electron chi connectivity index (χ1n) is 5.09. The highest BCUT2D eigenvalue weighted by molar-refractivity contribution is 6.31. The average molecular weight is 236 g/mol. The third kappa shape index (κ3) is 3.60. The molecule has 0 aliphatic heterocycles. The number of carbonyl (C=O) groups excluding carboxylic acids is 1. The van der Waals surface area contributed by atoms with Crippen molar-refractivity contribution in [2.75, 3.05) is 6.54 Å². The van der Waals surface area contributed by atoms with Crippen LogP contribution in [0.3, 0.4) is 0 Å². The Balaban J connectivity index is 2.58. The number of hydrogen-bond donors (Lipinski definition) is 1. The first-order chi connectivity index (χ1) is 7.65. The van der Waals surface area contributed by atoms with E-state index >= 15 is 0 Å². The van der Waals surface area contributed by atoms with Crippen LogP contribution in [0.15, 0.2) is 18.2 Å². The Kier molecular flexibility index (Phi) is 4.88. The molecule has 0 fully saturated rings. The fraction of sp³-hybridized carbons (Fsp3) is 0.308. The van der Waals surface area contributed by atoms with E-state index in [2.05, 4.69) is 17.2 Å². The number of hydrogen-bond acceptors (Lipinski definition) is 1. The van der Waals surface area contributed by atoms with E-state index in [1.807, 2.05) is 13.0 Å². The van der Waals surface area contributed by atoms with Gasteiger partial charge in [0.25, 0.3) is 5.91 Å². The van der Waals surface area contributed by atoms with Gasteiger partial charge in [0.2, 0.25) is 0 Å². The number of benzene rings is 1. The highest BCUT2D eigenvalue weighted by atomic mass is 35.5. The second-order valence-corrected chi connectivity index (χ2v) is 3.80. The zero-order valence-corrected chi connectivity index (χ0v) is 10.2. The van der Waals surface area contributed by atoms with E-state index < -0.39 is 0 Å². The molecule has 0 atom stereocenters. The predicted molar refractivity (Wildman–Crippen MR) is 66.6 cm³/mol. The number of aryl methyl sites for hydroxylation is 1. The molecule has 0 aliphatic rings. The van der Waals surface area contributed by atoms with Gasteiger partial charge >= 0.3 is 0 Å². The summed E-state index contributed by atoms with van der Waals surface area (Å²) < 4.78 is 0. The number of rotatable bonds is 3. The molecule has 1 N–H and O–H groups in total. The van der Waals surface area contributed by atoms with Crippen molar-refractivity contribution >= 4 is 17.5 Å². The standard InChI is InChI=1S/C13H14ClNO/c1-3-4-5-8-15-13(16)11-7-6-10(2)12(14)9-11/h6-7,9H,5,8H2,1-2H3,(H,15,16). The van der Waals surface area contributed by atoms with E-state index in [1.54, 1.807) is 19.1 Å². The molecular weight excluding hydrogens is 222 g/mol. The van der Waals surface area contributed by atoms with Crippen molar-refractivity contribution in [3.05, 3.63) is 34.3 Å². The van der Waals surface area contributed by atoms with Crippen molar-refractivity contribution < 1.29 is 4.79 Å². The topological polar surface area (TPSA) is 29.1 Å². The monoisotopic (exact) mass is 235 g/mol. The van der Waals surface area contributed by atoms with Gasteiger partial charge in [-0.3, -0.25) is 4.79 Å². The molecule has 0 unspecified atom stereocenters. The van der Waals surface area contributed by atoms with Crippen molar-refractivity contribution in [3.8, 4) is 11.8 Å². The van der Waals surface area contributed by atoms with Crippen LogP contribution in [-0.4, -0.2) is 12.5 Å². The summed E-state index contributed by atoms with van der Waals surface area (Å²) in [6, 6.07) is 5.28. The summed E-state index contributed by atoms with van der Waals surface area (Å²) >= 11 is 5.94. The predicted octanol–water partition coefficient (Wildman–Crippen LogP) is 2.79. The lowest BCUT2D eigenvalue weighted by atomic mass is 10.1. The van der Waals surface area contributed by atoms with E-state index in [4.69, 9.17) is 11.6 Å². The van der Waals surface area contributed by atoms with E-state index in [1.165, 1.54) is 0 Å². The minimum atomic E-state index is -0.111. The minimum Gasteiger partial charge on any atom is -0.351 e. The van der Waals surface area contributed by atoms with E-state index in [-0.39, 0.29) is 5.91 Å². The molecule has 1 rings (SSSR count). The van der Waals surface area contributed by atoms with Crippen LogP contribution >= 0.6 is 11.6 Å². The van der Waals surface area contributed by atoms with Crippen LogP contribution in [0, 0.1) is 18.8 Å². The van der Waals surface area contributed by atoms with Gasteiger partial charge in [-0.1, -0.05) is 17.7 Å². The molecule has 1 amide bonds. The summed E-state index contributed by atoms with van der Waals surface area (Å²) in [5.41, 5.74) is 1.55. The van der Waals surface area contributed by atoms with Gasteiger partial charge in [-0.05, 0) is 31.5 Å². The van der Waals surface area contributed by atoms with E-state index in [0.717, 1.165) is 5.56 Å². The molecule has 0 spiro atoms. The molecule has 0 saturated carbocycles. The van der Waals surface area contributed by atoms with Gasteiger partial charge in [-0.15, -0.1) is 11.8 Å². The number of halogens is 1. The number of carbonyl (C=O) groups is 1. The largest absolute Gasteiger partial charge is 0.351 e. The molecule has 0 heterocycles. The molecule has 1 aromatic rings. The summed E-state index contributed by atoms with van der Waals surface area (Å²) in [6.07, 6.45) is 0.668. The SMILES string of the molecule is CC#CCCNC(=O)c1ccc(C)c(Cl)c1. The maximum absolute atomic E-state index is 11.7. The molecule has 2 nitrogen and oxygen atoms in total. The second kappa shape index (κ2) is 6.19. The zero-order valence-electron chi connectivity index (χ0n) is 9.43. The Morgan fingerprint density at radius 3 is 2.88 bits per heavy atom.